The lowest BCUT2D eigenvalue weighted by molar-refractivity contribution is -0.132. The molecular weight excluding hydrogens is 490 g/mol. The molecule has 4 heterocycles. The summed E-state index contributed by atoms with van der Waals surface area (Å²) < 4.78 is 11.0. The number of hydrogen-bond donors (Lipinski definition) is 3. The summed E-state index contributed by atoms with van der Waals surface area (Å²) in [5.74, 6) is 1.64. The molecule has 1 saturated heterocycles. The second-order valence-corrected chi connectivity index (χ2v) is 9.59. The van der Waals surface area contributed by atoms with Gasteiger partial charge < -0.3 is 29.8 Å². The molecule has 5 rings (SSSR count). The Balaban J connectivity index is 1.05. The van der Waals surface area contributed by atoms with Gasteiger partial charge >= 0.3 is 0 Å². The first kappa shape index (κ1) is 25.6. The molecule has 0 spiro atoms. The smallest absolute Gasteiger partial charge is 0.270 e. The fourth-order valence-corrected chi connectivity index (χ4v) is 4.56. The molecule has 0 unspecified atom stereocenters. The number of carbonyl (C=O) groups excluding carboxylic acids is 2. The van der Waals surface area contributed by atoms with E-state index in [1.807, 2.05) is 12.1 Å². The van der Waals surface area contributed by atoms with Gasteiger partial charge in [0.05, 0.1) is 18.3 Å². The van der Waals surface area contributed by atoms with E-state index in [1.165, 1.54) is 30.8 Å². The minimum Gasteiger partial charge on any atom is -0.486 e. The summed E-state index contributed by atoms with van der Waals surface area (Å²) in [7, 11) is 0. The number of rotatable bonds is 10. The topological polar surface area (TPSA) is 146 Å². The van der Waals surface area contributed by atoms with Crippen LogP contribution in [0.2, 0.25) is 0 Å². The van der Waals surface area contributed by atoms with Crippen LogP contribution in [0.5, 0.6) is 5.75 Å². The maximum atomic E-state index is 12.6. The standard InChI is InChI=1S/C26H31N7O5/c1-17(34)33-11-20(12-33)31-25-7-24(29-15-30-25)26(36)28-8-21(35)13-32-5-4-18-6-22(3-2-19(18)10-32)37-14-23-9-27-16-38-23/h2-3,6-7,9,15-16,20-21,35H,4-5,8,10-14H2,1H3,(H,28,36)(H,29,30,31)/t21-/m0/s1. The number of amides is 2. The Morgan fingerprint density at radius 2 is 2.11 bits per heavy atom. The molecule has 3 N–H and O–H groups in total. The Morgan fingerprint density at radius 3 is 2.89 bits per heavy atom. The molecule has 2 amide bonds. The molecule has 3 aromatic rings. The third-order valence-corrected chi connectivity index (χ3v) is 6.68. The van der Waals surface area contributed by atoms with Crippen LogP contribution in [0, 0.1) is 0 Å². The van der Waals surface area contributed by atoms with Gasteiger partial charge in [-0.15, -0.1) is 0 Å². The summed E-state index contributed by atoms with van der Waals surface area (Å²) in [6.07, 6.45) is 4.46. The normalized spacial score (nSPS) is 16.3. The first-order valence-electron chi connectivity index (χ1n) is 12.6. The van der Waals surface area contributed by atoms with Crippen molar-refractivity contribution in [2.75, 3.05) is 38.0 Å². The van der Waals surface area contributed by atoms with E-state index in [4.69, 9.17) is 9.15 Å². The van der Waals surface area contributed by atoms with Gasteiger partial charge in [-0.1, -0.05) is 6.07 Å². The molecule has 1 fully saturated rings. The van der Waals surface area contributed by atoms with E-state index in [0.717, 1.165) is 18.7 Å². The minimum absolute atomic E-state index is 0.0389. The third kappa shape index (κ3) is 6.45. The molecule has 200 valence electrons. The molecule has 1 atom stereocenters. The molecule has 1 aromatic carbocycles. The largest absolute Gasteiger partial charge is 0.486 e. The summed E-state index contributed by atoms with van der Waals surface area (Å²) in [5.41, 5.74) is 2.63. The highest BCUT2D eigenvalue weighted by atomic mass is 16.5. The van der Waals surface area contributed by atoms with Crippen molar-refractivity contribution >= 4 is 17.6 Å². The predicted molar refractivity (Wildman–Crippen MR) is 136 cm³/mol. The lowest BCUT2D eigenvalue weighted by Gasteiger charge is -2.39. The number of hydrogen-bond acceptors (Lipinski definition) is 10. The van der Waals surface area contributed by atoms with Crippen molar-refractivity contribution in [3.63, 3.8) is 0 Å². The van der Waals surface area contributed by atoms with Gasteiger partial charge in [-0.25, -0.2) is 15.0 Å². The van der Waals surface area contributed by atoms with Gasteiger partial charge in [-0.3, -0.25) is 14.5 Å². The number of likely N-dealkylation sites (tertiary alicyclic amines) is 1. The zero-order valence-corrected chi connectivity index (χ0v) is 21.2. The van der Waals surface area contributed by atoms with E-state index in [0.29, 0.717) is 44.4 Å². The lowest BCUT2D eigenvalue weighted by Crippen LogP contribution is -2.56. The van der Waals surface area contributed by atoms with Crippen LogP contribution in [0.25, 0.3) is 0 Å². The van der Waals surface area contributed by atoms with Gasteiger partial charge in [0.2, 0.25) is 5.91 Å². The van der Waals surface area contributed by atoms with E-state index in [9.17, 15) is 14.7 Å². The number of ether oxygens (including phenoxy) is 1. The van der Waals surface area contributed by atoms with E-state index in [1.54, 1.807) is 17.2 Å². The Kier molecular flexibility index (Phi) is 7.80. The first-order valence-corrected chi connectivity index (χ1v) is 12.6. The van der Waals surface area contributed by atoms with Crippen molar-refractivity contribution in [1.82, 2.24) is 30.1 Å². The summed E-state index contributed by atoms with van der Waals surface area (Å²) in [6.45, 7) is 5.14. The summed E-state index contributed by atoms with van der Waals surface area (Å²) in [4.78, 5) is 39.9. The molecule has 0 saturated carbocycles. The Hall–Kier alpha value is -4.03. The van der Waals surface area contributed by atoms with Crippen molar-refractivity contribution in [3.8, 4) is 5.75 Å². The summed E-state index contributed by atoms with van der Waals surface area (Å²) in [6, 6.07) is 7.70. The average Bonchev–Trinajstić information content (AvgIpc) is 3.41. The van der Waals surface area contributed by atoms with Crippen molar-refractivity contribution in [2.45, 2.75) is 38.6 Å². The predicted octanol–water partition coefficient (Wildman–Crippen LogP) is 0.835. The van der Waals surface area contributed by atoms with Crippen molar-refractivity contribution in [1.29, 1.82) is 0 Å². The maximum absolute atomic E-state index is 12.6. The Labute approximate surface area is 220 Å². The molecule has 2 aliphatic rings. The van der Waals surface area contributed by atoms with Crippen LogP contribution in [0.15, 0.2) is 47.6 Å². The van der Waals surface area contributed by atoms with Crippen LogP contribution in [-0.4, -0.2) is 86.5 Å². The molecule has 12 nitrogen and oxygen atoms in total. The first-order chi connectivity index (χ1) is 18.4. The van der Waals surface area contributed by atoms with E-state index in [2.05, 4.69) is 36.6 Å². The van der Waals surface area contributed by atoms with Gasteiger partial charge in [-0.05, 0) is 29.7 Å². The number of fused-ring (bicyclic) bond motifs is 1. The number of aliphatic hydroxyl groups is 1. The number of oxazole rings is 1. The molecule has 12 heteroatoms. The molecule has 0 radical (unpaired) electrons. The van der Waals surface area contributed by atoms with Crippen molar-refractivity contribution in [3.05, 3.63) is 65.8 Å². The zero-order valence-electron chi connectivity index (χ0n) is 21.2. The van der Waals surface area contributed by atoms with Crippen LogP contribution < -0.4 is 15.4 Å². The highest BCUT2D eigenvalue weighted by Gasteiger charge is 2.28. The number of nitrogens with zero attached hydrogens (tertiary/aromatic N) is 5. The van der Waals surface area contributed by atoms with Gasteiger partial charge in [0.25, 0.3) is 5.91 Å². The summed E-state index contributed by atoms with van der Waals surface area (Å²) >= 11 is 0. The molecule has 38 heavy (non-hydrogen) atoms. The van der Waals surface area contributed by atoms with Crippen molar-refractivity contribution in [2.24, 2.45) is 0 Å². The number of aliphatic hydroxyl groups excluding tert-OH is 1. The van der Waals surface area contributed by atoms with E-state index in [-0.39, 0.29) is 30.1 Å². The number of benzene rings is 1. The van der Waals surface area contributed by atoms with E-state index < -0.39 is 6.10 Å². The molecule has 0 aliphatic carbocycles. The van der Waals surface area contributed by atoms with Gasteiger partial charge in [0.1, 0.15) is 30.2 Å². The average molecular weight is 522 g/mol. The Bertz CT molecular complexity index is 1260. The zero-order chi connectivity index (χ0) is 26.5. The Morgan fingerprint density at radius 1 is 1.24 bits per heavy atom. The SMILES string of the molecule is CC(=O)N1CC(Nc2cc(C(=O)NC[C@H](O)CN3CCc4cc(OCc5cnco5)ccc4C3)ncn2)C1. The molecule has 0 bridgehead atoms. The fourth-order valence-electron chi connectivity index (χ4n) is 4.56. The molecule has 2 aromatic heterocycles. The second-order valence-electron chi connectivity index (χ2n) is 9.59. The second kappa shape index (κ2) is 11.6. The van der Waals surface area contributed by atoms with Crippen LogP contribution in [0.4, 0.5) is 5.82 Å². The highest BCUT2D eigenvalue weighted by Crippen LogP contribution is 2.24. The van der Waals surface area contributed by atoms with Crippen LogP contribution >= 0.6 is 0 Å². The number of nitrogens with one attached hydrogen (secondary N) is 2. The number of anilines is 1. The van der Waals surface area contributed by atoms with Gasteiger partial charge in [0.15, 0.2) is 12.2 Å². The number of aromatic nitrogens is 3. The third-order valence-electron chi connectivity index (χ3n) is 6.68. The maximum Gasteiger partial charge on any atom is 0.270 e. The number of carbonyl (C=O) groups is 2. The minimum atomic E-state index is -0.725. The summed E-state index contributed by atoms with van der Waals surface area (Å²) in [5, 5.41) is 16.5. The quantitative estimate of drug-likeness (QED) is 0.351. The molecular formula is C26H31N7O5. The lowest BCUT2D eigenvalue weighted by atomic mass is 9.99. The van der Waals surface area contributed by atoms with Crippen LogP contribution in [0.3, 0.4) is 0 Å². The highest BCUT2D eigenvalue weighted by molar-refractivity contribution is 5.92. The monoisotopic (exact) mass is 521 g/mol. The van der Waals surface area contributed by atoms with E-state index >= 15 is 0 Å². The molecule has 2 aliphatic heterocycles. The fraction of sp³-hybridized carbons (Fsp3) is 0.423. The number of β-amino-alcohol motifs (C(OH)–C–C–N with tert-alkyl or cyclic N) is 1. The van der Waals surface area contributed by atoms with Crippen LogP contribution in [-0.2, 0) is 24.4 Å². The van der Waals surface area contributed by atoms with Crippen LogP contribution in [0.1, 0.15) is 34.3 Å². The van der Waals surface area contributed by atoms with Crippen molar-refractivity contribution < 1.29 is 23.8 Å². The van der Waals surface area contributed by atoms with Gasteiger partial charge in [0, 0.05) is 52.3 Å². The van der Waals surface area contributed by atoms with Gasteiger partial charge in [-0.2, -0.15) is 0 Å².